The molecule has 0 saturated carbocycles. The lowest BCUT2D eigenvalue weighted by Crippen LogP contribution is -2.21. The molecule has 0 radical (unpaired) electrons. The van der Waals surface area contributed by atoms with E-state index in [1.54, 1.807) is 36.3 Å². The molecule has 0 bridgehead atoms. The van der Waals surface area contributed by atoms with Crippen molar-refractivity contribution in [1.82, 2.24) is 19.5 Å². The lowest BCUT2D eigenvalue weighted by molar-refractivity contribution is 0.195. The smallest absolute Gasteiger partial charge is 0.200 e. The van der Waals surface area contributed by atoms with Gasteiger partial charge in [-0.25, -0.2) is 15.0 Å². The van der Waals surface area contributed by atoms with E-state index in [4.69, 9.17) is 10.6 Å². The van der Waals surface area contributed by atoms with E-state index in [2.05, 4.69) is 33.2 Å². The van der Waals surface area contributed by atoms with Gasteiger partial charge in [0.1, 0.15) is 5.03 Å². The minimum absolute atomic E-state index is 0.498. The normalized spacial score (nSPS) is 12.8. The SMILES string of the molecule is CON1c2cc(Cn3ccnc3N)ccc2Sc2ncc(C)nc21. The molecule has 1 aromatic carbocycles. The standard InChI is InChI=1S/C16H16N6OS/c1-10-8-19-15-14(20-10)22(23-2)12-7-11(3-4-13(12)24-15)9-21-6-5-18-16(21)17/h3-8H,9H2,1-2H3,(H2,17,18). The molecule has 7 nitrogen and oxygen atoms in total. The first-order valence-corrected chi connectivity index (χ1v) is 8.22. The first kappa shape index (κ1) is 15.0. The predicted molar refractivity (Wildman–Crippen MR) is 92.2 cm³/mol. The van der Waals surface area contributed by atoms with Gasteiger partial charge in [-0.2, -0.15) is 5.06 Å². The highest BCUT2D eigenvalue weighted by Gasteiger charge is 2.26. The molecule has 0 atom stereocenters. The largest absolute Gasteiger partial charge is 0.369 e. The minimum atomic E-state index is 0.498. The zero-order chi connectivity index (χ0) is 16.7. The monoisotopic (exact) mass is 340 g/mol. The summed E-state index contributed by atoms with van der Waals surface area (Å²) in [4.78, 5) is 19.7. The van der Waals surface area contributed by atoms with Gasteiger partial charge < -0.3 is 10.3 Å². The third-order valence-corrected chi connectivity index (χ3v) is 4.81. The Labute approximate surface area is 143 Å². The molecular weight excluding hydrogens is 324 g/mol. The van der Waals surface area contributed by atoms with Crippen LogP contribution in [0.15, 0.2) is 46.7 Å². The van der Waals surface area contributed by atoms with Crippen molar-refractivity contribution >= 4 is 29.2 Å². The van der Waals surface area contributed by atoms with Crippen molar-refractivity contribution in [1.29, 1.82) is 0 Å². The predicted octanol–water partition coefficient (Wildman–Crippen LogP) is 2.78. The van der Waals surface area contributed by atoms with E-state index in [1.165, 1.54) is 0 Å². The van der Waals surface area contributed by atoms with Gasteiger partial charge in [0.05, 0.1) is 25.0 Å². The van der Waals surface area contributed by atoms with Crippen LogP contribution >= 0.6 is 11.8 Å². The Kier molecular flexibility index (Phi) is 3.62. The zero-order valence-corrected chi connectivity index (χ0v) is 14.1. The van der Waals surface area contributed by atoms with Gasteiger partial charge in [-0.05, 0) is 24.6 Å². The van der Waals surface area contributed by atoms with E-state index in [0.717, 1.165) is 26.9 Å². The second-order valence-corrected chi connectivity index (χ2v) is 6.47. The number of nitrogen functional groups attached to an aromatic ring is 1. The summed E-state index contributed by atoms with van der Waals surface area (Å²) in [5, 5.41) is 2.56. The molecule has 2 aromatic heterocycles. The van der Waals surface area contributed by atoms with E-state index >= 15 is 0 Å². The van der Waals surface area contributed by atoms with Crippen LogP contribution in [0.2, 0.25) is 0 Å². The molecule has 0 aliphatic carbocycles. The lowest BCUT2D eigenvalue weighted by Gasteiger charge is -2.29. The molecular formula is C16H16N6OS. The van der Waals surface area contributed by atoms with Gasteiger partial charge in [-0.3, -0.25) is 4.84 Å². The maximum absolute atomic E-state index is 5.85. The van der Waals surface area contributed by atoms with Crippen molar-refractivity contribution in [3.05, 3.63) is 48.0 Å². The highest BCUT2D eigenvalue weighted by atomic mass is 32.2. The Hall–Kier alpha value is -2.58. The first-order chi connectivity index (χ1) is 11.7. The van der Waals surface area contributed by atoms with Crippen molar-refractivity contribution in [3.63, 3.8) is 0 Å². The maximum Gasteiger partial charge on any atom is 0.200 e. The molecule has 0 spiro atoms. The number of anilines is 3. The Morgan fingerprint density at radius 1 is 1.29 bits per heavy atom. The summed E-state index contributed by atoms with van der Waals surface area (Å²) in [6, 6.07) is 6.23. The number of nitrogens with zero attached hydrogens (tertiary/aromatic N) is 5. The van der Waals surface area contributed by atoms with Crippen LogP contribution in [0, 0.1) is 6.92 Å². The average Bonchev–Trinajstić information content (AvgIpc) is 2.98. The maximum atomic E-state index is 5.85. The highest BCUT2D eigenvalue weighted by molar-refractivity contribution is 7.99. The van der Waals surface area contributed by atoms with Crippen LogP contribution in [0.5, 0.6) is 0 Å². The molecule has 4 rings (SSSR count). The van der Waals surface area contributed by atoms with Crippen LogP contribution in [0.3, 0.4) is 0 Å². The number of nitrogens with two attached hydrogens (primary N) is 1. The van der Waals surface area contributed by atoms with Gasteiger partial charge in [-0.1, -0.05) is 17.8 Å². The molecule has 2 N–H and O–H groups in total. The van der Waals surface area contributed by atoms with Crippen molar-refractivity contribution < 1.29 is 4.84 Å². The Morgan fingerprint density at radius 3 is 2.92 bits per heavy atom. The summed E-state index contributed by atoms with van der Waals surface area (Å²) < 4.78 is 1.90. The van der Waals surface area contributed by atoms with Gasteiger partial charge in [-0.15, -0.1) is 0 Å². The third kappa shape index (κ3) is 2.49. The molecule has 0 fully saturated rings. The number of benzene rings is 1. The molecule has 3 heterocycles. The van der Waals surface area contributed by atoms with Crippen LogP contribution in [0.1, 0.15) is 11.3 Å². The fraction of sp³-hybridized carbons (Fsp3) is 0.188. The number of fused-ring (bicyclic) bond motifs is 2. The quantitative estimate of drug-likeness (QED) is 0.785. The number of aryl methyl sites for hydroxylation is 1. The van der Waals surface area contributed by atoms with Crippen LogP contribution in [0.25, 0.3) is 0 Å². The van der Waals surface area contributed by atoms with E-state index in [0.29, 0.717) is 18.3 Å². The second kappa shape index (κ2) is 5.81. The molecule has 1 aliphatic heterocycles. The third-order valence-electron chi connectivity index (χ3n) is 3.77. The van der Waals surface area contributed by atoms with E-state index < -0.39 is 0 Å². The summed E-state index contributed by atoms with van der Waals surface area (Å²) in [5.41, 5.74) is 8.76. The van der Waals surface area contributed by atoms with Gasteiger partial charge in [0.15, 0.2) is 11.8 Å². The van der Waals surface area contributed by atoms with Gasteiger partial charge >= 0.3 is 0 Å². The van der Waals surface area contributed by atoms with Crippen LogP contribution in [-0.2, 0) is 11.4 Å². The van der Waals surface area contributed by atoms with E-state index in [1.807, 2.05) is 17.7 Å². The summed E-state index contributed by atoms with van der Waals surface area (Å²) in [5.74, 6) is 1.21. The number of hydrogen-bond donors (Lipinski definition) is 1. The molecule has 1 aliphatic rings. The molecule has 8 heteroatoms. The fourth-order valence-corrected chi connectivity index (χ4v) is 3.55. The van der Waals surface area contributed by atoms with Crippen molar-refractivity contribution in [2.24, 2.45) is 0 Å². The number of rotatable bonds is 3. The minimum Gasteiger partial charge on any atom is -0.369 e. The number of imidazole rings is 1. The lowest BCUT2D eigenvalue weighted by atomic mass is 10.2. The Balaban J connectivity index is 1.74. The van der Waals surface area contributed by atoms with Crippen molar-refractivity contribution in [2.75, 3.05) is 17.9 Å². The average molecular weight is 340 g/mol. The van der Waals surface area contributed by atoms with Crippen LogP contribution < -0.4 is 10.8 Å². The summed E-state index contributed by atoms with van der Waals surface area (Å²) >= 11 is 1.59. The fourth-order valence-electron chi connectivity index (χ4n) is 2.64. The molecule has 24 heavy (non-hydrogen) atoms. The van der Waals surface area contributed by atoms with E-state index in [9.17, 15) is 0 Å². The molecule has 0 saturated heterocycles. The van der Waals surface area contributed by atoms with Crippen molar-refractivity contribution in [3.8, 4) is 0 Å². The second-order valence-electron chi connectivity index (χ2n) is 5.43. The summed E-state index contributed by atoms with van der Waals surface area (Å²) in [6.45, 7) is 2.56. The van der Waals surface area contributed by atoms with Gasteiger partial charge in [0, 0.05) is 23.5 Å². The Morgan fingerprint density at radius 2 is 2.17 bits per heavy atom. The molecule has 3 aromatic rings. The van der Waals surface area contributed by atoms with Crippen molar-refractivity contribution in [2.45, 2.75) is 23.4 Å². The first-order valence-electron chi connectivity index (χ1n) is 7.41. The van der Waals surface area contributed by atoms with Gasteiger partial charge in [0.2, 0.25) is 0 Å². The zero-order valence-electron chi connectivity index (χ0n) is 13.3. The number of aromatic nitrogens is 4. The number of hydrogen-bond acceptors (Lipinski definition) is 7. The molecule has 0 amide bonds. The highest BCUT2D eigenvalue weighted by Crippen LogP contribution is 2.46. The molecule has 122 valence electrons. The summed E-state index contributed by atoms with van der Waals surface area (Å²) in [6.07, 6.45) is 5.32. The molecule has 0 unspecified atom stereocenters. The topological polar surface area (TPSA) is 82.1 Å². The Bertz CT molecular complexity index is 909. The van der Waals surface area contributed by atoms with E-state index in [-0.39, 0.29) is 0 Å². The van der Waals surface area contributed by atoms with Crippen LogP contribution in [0.4, 0.5) is 17.5 Å². The summed E-state index contributed by atoms with van der Waals surface area (Å²) in [7, 11) is 1.63. The van der Waals surface area contributed by atoms with Crippen LogP contribution in [-0.4, -0.2) is 26.6 Å². The van der Waals surface area contributed by atoms with Gasteiger partial charge in [0.25, 0.3) is 0 Å².